The van der Waals surface area contributed by atoms with Crippen molar-refractivity contribution in [3.05, 3.63) is 59.7 Å². The van der Waals surface area contributed by atoms with Gasteiger partial charge in [-0.1, -0.05) is 148 Å². The summed E-state index contributed by atoms with van der Waals surface area (Å²) in [4.78, 5) is 0. The van der Waals surface area contributed by atoms with Crippen molar-refractivity contribution in [3.8, 4) is 11.5 Å². The van der Waals surface area contributed by atoms with Crippen molar-refractivity contribution >= 4 is 7.60 Å². The van der Waals surface area contributed by atoms with Gasteiger partial charge in [0.25, 0.3) is 0 Å². The molecule has 0 aliphatic carbocycles. The number of hydrogen-bond donors (Lipinski definition) is 0. The fraction of sp³-hybridized carbons (Fsp3) is 0.684. The normalized spacial score (nSPS) is 12.1. The molecule has 2 rings (SSSR count). The first kappa shape index (κ1) is 40.6. The molecule has 2 aromatic rings. The molecule has 1 unspecified atom stereocenters. The van der Waals surface area contributed by atoms with E-state index in [0.717, 1.165) is 38.5 Å². The summed E-state index contributed by atoms with van der Waals surface area (Å²) < 4.78 is 26.7. The maximum Gasteiger partial charge on any atom is 0.430 e. The molecular weight excluding hydrogens is 680 g/mol. The molecule has 0 amide bonds. The number of aryl methyl sites for hydroxylation is 2. The van der Waals surface area contributed by atoms with Crippen LogP contribution in [0.25, 0.3) is 0 Å². The zero-order valence-corrected chi connectivity index (χ0v) is 32.3. The fourth-order valence-corrected chi connectivity index (χ4v) is 7.80. The van der Waals surface area contributed by atoms with Gasteiger partial charge in [0.05, 0.1) is 6.16 Å². The zero-order valence-electron chi connectivity index (χ0n) is 28.2. The van der Waals surface area contributed by atoms with Gasteiger partial charge in [0.1, 0.15) is 11.5 Å². The van der Waals surface area contributed by atoms with Crippen molar-refractivity contribution in [2.24, 2.45) is 5.92 Å². The van der Waals surface area contributed by atoms with E-state index in [2.05, 4.69) is 52.0 Å². The first-order chi connectivity index (χ1) is 20.5. The van der Waals surface area contributed by atoms with Gasteiger partial charge < -0.3 is 9.05 Å². The third-order valence-corrected chi connectivity index (χ3v) is 10.4. The maximum atomic E-state index is 14.2. The van der Waals surface area contributed by atoms with E-state index in [1.807, 2.05) is 24.3 Å². The third kappa shape index (κ3) is 19.0. The van der Waals surface area contributed by atoms with Crippen LogP contribution in [0.4, 0.5) is 0 Å². The quantitative estimate of drug-likeness (QED) is 0.0711. The van der Waals surface area contributed by atoms with Crippen molar-refractivity contribution in [3.63, 3.8) is 0 Å². The molecule has 0 bridgehead atoms. The standard InChI is InChI=1S/C38H63O3P.Nd/c1-5-9-12-14-16-18-20-23-35-25-29-37(30-26-35)40-42(39,33-34(8-4)22-11-7-3)41-38-31-27-36(28-32-38)24-21-19-17-15-13-10-6-2;/h25-32,34H,5-24,33H2,1-4H3;. The van der Waals surface area contributed by atoms with Crippen LogP contribution in [0, 0.1) is 46.8 Å². The number of rotatable bonds is 26. The molecule has 0 aliphatic heterocycles. The minimum absolute atomic E-state index is 0. The van der Waals surface area contributed by atoms with Crippen molar-refractivity contribution in [1.29, 1.82) is 0 Å². The summed E-state index contributed by atoms with van der Waals surface area (Å²) in [6, 6.07) is 16.4. The molecule has 2 aromatic carbocycles. The van der Waals surface area contributed by atoms with E-state index in [9.17, 15) is 4.57 Å². The number of unbranched alkanes of at least 4 members (excludes halogenated alkanes) is 13. The van der Waals surface area contributed by atoms with E-state index >= 15 is 0 Å². The zero-order chi connectivity index (χ0) is 30.3. The molecule has 0 N–H and O–H groups in total. The van der Waals surface area contributed by atoms with E-state index in [4.69, 9.17) is 9.05 Å². The van der Waals surface area contributed by atoms with Gasteiger partial charge >= 0.3 is 7.60 Å². The Labute approximate surface area is 299 Å². The molecule has 5 heteroatoms. The second-order valence-corrected chi connectivity index (χ2v) is 14.4. The molecule has 43 heavy (non-hydrogen) atoms. The first-order valence-corrected chi connectivity index (χ1v) is 19.4. The molecule has 0 saturated carbocycles. The summed E-state index contributed by atoms with van der Waals surface area (Å²) in [6.45, 7) is 8.92. The Morgan fingerprint density at radius 3 is 1.28 bits per heavy atom. The van der Waals surface area contributed by atoms with Gasteiger partial charge in [0.2, 0.25) is 0 Å². The van der Waals surface area contributed by atoms with Crippen LogP contribution in [0.3, 0.4) is 0 Å². The SMILES string of the molecule is CCCCCCCCCc1ccc(OP(=O)(CC(CC)CCCC)Oc2ccc(CCCCCCCCC)cc2)cc1.[Nd]. The Bertz CT molecular complexity index is 893. The number of benzene rings is 2. The monoisotopic (exact) mass is 740 g/mol. The molecule has 0 aliphatic rings. The molecule has 0 aromatic heterocycles. The first-order valence-electron chi connectivity index (χ1n) is 17.7. The molecule has 0 fully saturated rings. The van der Waals surface area contributed by atoms with E-state index in [0.29, 0.717) is 23.6 Å². The summed E-state index contributed by atoms with van der Waals surface area (Å²) in [5.41, 5.74) is 2.63. The van der Waals surface area contributed by atoms with Crippen molar-refractivity contribution < 1.29 is 54.5 Å². The maximum absolute atomic E-state index is 14.2. The van der Waals surface area contributed by atoms with Crippen LogP contribution in [-0.2, 0) is 17.4 Å². The Hall–Kier alpha value is -0.379. The third-order valence-electron chi connectivity index (χ3n) is 8.50. The average Bonchev–Trinajstić information content (AvgIpc) is 3.00. The van der Waals surface area contributed by atoms with Gasteiger partial charge in [-0.3, -0.25) is 0 Å². The summed E-state index contributed by atoms with van der Waals surface area (Å²) in [6.07, 6.45) is 25.4. The molecule has 0 spiro atoms. The van der Waals surface area contributed by atoms with Crippen molar-refractivity contribution in [1.82, 2.24) is 0 Å². The van der Waals surface area contributed by atoms with Crippen molar-refractivity contribution in [2.45, 2.75) is 156 Å². The van der Waals surface area contributed by atoms with Crippen LogP contribution in [0.15, 0.2) is 48.5 Å². The van der Waals surface area contributed by atoms with Gasteiger partial charge in [0, 0.05) is 40.8 Å². The summed E-state index contributed by atoms with van der Waals surface area (Å²) in [5, 5.41) is 0. The molecule has 0 heterocycles. The number of hydrogen-bond acceptors (Lipinski definition) is 3. The van der Waals surface area contributed by atoms with E-state index in [-0.39, 0.29) is 40.8 Å². The second kappa shape index (κ2) is 25.8. The van der Waals surface area contributed by atoms with Crippen LogP contribution in [0.1, 0.15) is 154 Å². The van der Waals surface area contributed by atoms with Crippen molar-refractivity contribution in [2.75, 3.05) is 6.16 Å². The van der Waals surface area contributed by atoms with Gasteiger partial charge in [-0.05, 0) is 73.4 Å². The van der Waals surface area contributed by atoms with Gasteiger partial charge in [-0.25, -0.2) is 4.57 Å². The minimum atomic E-state index is -3.39. The Morgan fingerprint density at radius 1 is 0.535 bits per heavy atom. The molecule has 242 valence electrons. The second-order valence-electron chi connectivity index (χ2n) is 12.4. The summed E-state index contributed by atoms with van der Waals surface area (Å²) in [5.74, 6) is 1.61. The van der Waals surface area contributed by atoms with Gasteiger partial charge in [-0.2, -0.15) is 0 Å². The van der Waals surface area contributed by atoms with Crippen LogP contribution < -0.4 is 9.05 Å². The molecule has 0 saturated heterocycles. The largest absolute Gasteiger partial charge is 0.430 e. The average molecular weight is 743 g/mol. The van der Waals surface area contributed by atoms with E-state index in [1.165, 1.54) is 101 Å². The summed E-state index contributed by atoms with van der Waals surface area (Å²) in [7, 11) is -3.39. The molecule has 0 radical (unpaired) electrons. The summed E-state index contributed by atoms with van der Waals surface area (Å²) >= 11 is 0. The topological polar surface area (TPSA) is 35.5 Å². The van der Waals surface area contributed by atoms with Crippen LogP contribution in [-0.4, -0.2) is 6.16 Å². The van der Waals surface area contributed by atoms with E-state index < -0.39 is 7.60 Å². The fourth-order valence-electron chi connectivity index (χ4n) is 5.65. The minimum Gasteiger partial charge on any atom is -0.416 e. The van der Waals surface area contributed by atoms with Crippen LogP contribution >= 0.6 is 7.60 Å². The predicted molar refractivity (Wildman–Crippen MR) is 183 cm³/mol. The van der Waals surface area contributed by atoms with Crippen LogP contribution in [0.2, 0.25) is 0 Å². The Balaban J connectivity index is 0.00000924. The van der Waals surface area contributed by atoms with Gasteiger partial charge in [-0.15, -0.1) is 0 Å². The van der Waals surface area contributed by atoms with E-state index in [1.54, 1.807) is 0 Å². The molecule has 3 nitrogen and oxygen atoms in total. The predicted octanol–water partition coefficient (Wildman–Crippen LogP) is 13.1. The Kier molecular flexibility index (Phi) is 24.4. The van der Waals surface area contributed by atoms with Crippen LogP contribution in [0.5, 0.6) is 11.5 Å². The Morgan fingerprint density at radius 2 is 0.907 bits per heavy atom. The molecule has 1 atom stereocenters. The van der Waals surface area contributed by atoms with Gasteiger partial charge in [0.15, 0.2) is 0 Å². The molecular formula is C38H63NdO3P. The smallest absolute Gasteiger partial charge is 0.416 e.